The Labute approximate surface area is 121 Å². The first kappa shape index (κ1) is 14.7. The maximum absolute atomic E-state index is 12.0. The van der Waals surface area contributed by atoms with Gasteiger partial charge in [-0.25, -0.2) is 0 Å². The Bertz CT molecular complexity index is 661. The molecule has 1 N–H and O–H groups in total. The van der Waals surface area contributed by atoms with Gasteiger partial charge in [-0.05, 0) is 26.0 Å². The summed E-state index contributed by atoms with van der Waals surface area (Å²) in [5, 5.41) is 17.6. The quantitative estimate of drug-likeness (QED) is 0.673. The molecule has 0 bridgehead atoms. The van der Waals surface area contributed by atoms with Gasteiger partial charge < -0.3 is 5.32 Å². The third kappa shape index (κ3) is 3.44. The molecule has 0 aliphatic rings. The molecule has 0 saturated heterocycles. The molecule has 0 spiro atoms. The van der Waals surface area contributed by atoms with Crippen molar-refractivity contribution in [3.05, 3.63) is 57.4 Å². The van der Waals surface area contributed by atoms with Crippen LogP contribution < -0.4 is 5.32 Å². The van der Waals surface area contributed by atoms with Crippen LogP contribution in [-0.4, -0.2) is 20.6 Å². The summed E-state index contributed by atoms with van der Waals surface area (Å²) in [7, 11) is 0. The number of amides is 1. The van der Waals surface area contributed by atoms with Crippen LogP contribution in [0, 0.1) is 17.0 Å². The molecule has 0 aliphatic heterocycles. The molecule has 0 unspecified atom stereocenters. The zero-order valence-electron chi connectivity index (χ0n) is 11.9. The number of aromatic nitrogens is 2. The minimum absolute atomic E-state index is 0.0355. The minimum Gasteiger partial charge on any atom is -0.348 e. The summed E-state index contributed by atoms with van der Waals surface area (Å²) in [5.74, 6) is -0.270. The molecule has 110 valence electrons. The maximum Gasteiger partial charge on any atom is 0.269 e. The highest BCUT2D eigenvalue weighted by Crippen LogP contribution is 2.12. The third-order valence-electron chi connectivity index (χ3n) is 3.15. The van der Waals surface area contributed by atoms with Crippen LogP contribution in [0.3, 0.4) is 0 Å². The SMILES string of the molecule is CCn1cc(CNC(=O)c2ccc([N+](=O)[O-])cc2)c(C)n1. The van der Waals surface area contributed by atoms with Crippen molar-refractivity contribution >= 4 is 11.6 Å². The first-order valence-corrected chi connectivity index (χ1v) is 6.57. The summed E-state index contributed by atoms with van der Waals surface area (Å²) in [4.78, 5) is 22.0. The molecule has 0 saturated carbocycles. The zero-order chi connectivity index (χ0) is 15.4. The second kappa shape index (κ2) is 6.17. The number of carbonyl (C=O) groups is 1. The van der Waals surface area contributed by atoms with Crippen molar-refractivity contribution in [1.29, 1.82) is 0 Å². The van der Waals surface area contributed by atoms with E-state index in [9.17, 15) is 14.9 Å². The van der Waals surface area contributed by atoms with Gasteiger partial charge in [-0.15, -0.1) is 0 Å². The van der Waals surface area contributed by atoms with Gasteiger partial charge in [0.25, 0.3) is 11.6 Å². The second-order valence-corrected chi connectivity index (χ2v) is 4.58. The van der Waals surface area contributed by atoms with Crippen molar-refractivity contribution in [3.8, 4) is 0 Å². The van der Waals surface area contributed by atoms with Crippen LogP contribution in [0.1, 0.15) is 28.5 Å². The standard InChI is InChI=1S/C14H16N4O3/c1-3-17-9-12(10(2)16-17)8-15-14(19)11-4-6-13(7-5-11)18(20)21/h4-7,9H,3,8H2,1-2H3,(H,15,19). The van der Waals surface area contributed by atoms with Crippen molar-refractivity contribution in [2.24, 2.45) is 0 Å². The number of benzene rings is 1. The lowest BCUT2D eigenvalue weighted by atomic mass is 10.2. The topological polar surface area (TPSA) is 90.1 Å². The van der Waals surface area contributed by atoms with Crippen molar-refractivity contribution < 1.29 is 9.72 Å². The Morgan fingerprint density at radius 3 is 2.57 bits per heavy atom. The molecule has 1 aromatic heterocycles. The summed E-state index contributed by atoms with van der Waals surface area (Å²) in [5.41, 5.74) is 2.18. The van der Waals surface area contributed by atoms with Crippen molar-refractivity contribution in [1.82, 2.24) is 15.1 Å². The van der Waals surface area contributed by atoms with E-state index in [1.54, 1.807) is 0 Å². The summed E-state index contributed by atoms with van der Waals surface area (Å²) in [6, 6.07) is 5.51. The third-order valence-corrected chi connectivity index (χ3v) is 3.15. The van der Waals surface area contributed by atoms with Crippen LogP contribution in [0.25, 0.3) is 0 Å². The number of rotatable bonds is 5. The second-order valence-electron chi connectivity index (χ2n) is 4.58. The molecule has 1 aromatic carbocycles. The largest absolute Gasteiger partial charge is 0.348 e. The van der Waals surface area contributed by atoms with Gasteiger partial charge in [-0.3, -0.25) is 19.6 Å². The van der Waals surface area contributed by atoms with E-state index in [4.69, 9.17) is 0 Å². The fraction of sp³-hybridized carbons (Fsp3) is 0.286. The molecule has 2 rings (SSSR count). The molecule has 0 atom stereocenters. The lowest BCUT2D eigenvalue weighted by Gasteiger charge is -2.04. The average molecular weight is 288 g/mol. The monoisotopic (exact) mass is 288 g/mol. The van der Waals surface area contributed by atoms with Gasteiger partial charge in [0.2, 0.25) is 0 Å². The van der Waals surface area contributed by atoms with Crippen LogP contribution in [-0.2, 0) is 13.1 Å². The molecular formula is C14H16N4O3. The lowest BCUT2D eigenvalue weighted by molar-refractivity contribution is -0.384. The van der Waals surface area contributed by atoms with Gasteiger partial charge in [0.05, 0.1) is 10.6 Å². The number of nitrogens with zero attached hydrogens (tertiary/aromatic N) is 3. The van der Waals surface area contributed by atoms with Gasteiger partial charge >= 0.3 is 0 Å². The number of nitro groups is 1. The average Bonchev–Trinajstić information content (AvgIpc) is 2.85. The molecular weight excluding hydrogens is 272 g/mol. The Balaban J connectivity index is 2.01. The molecule has 0 aliphatic carbocycles. The fourth-order valence-corrected chi connectivity index (χ4v) is 1.91. The summed E-state index contributed by atoms with van der Waals surface area (Å²) < 4.78 is 1.81. The smallest absolute Gasteiger partial charge is 0.269 e. The Morgan fingerprint density at radius 2 is 2.05 bits per heavy atom. The Hall–Kier alpha value is -2.70. The van der Waals surface area contributed by atoms with E-state index in [1.807, 2.05) is 24.7 Å². The van der Waals surface area contributed by atoms with Gasteiger partial charge in [0, 0.05) is 42.5 Å². The molecule has 1 amide bonds. The predicted molar refractivity (Wildman–Crippen MR) is 76.9 cm³/mol. The Kier molecular flexibility index (Phi) is 4.32. The summed E-state index contributed by atoms with van der Waals surface area (Å²) >= 11 is 0. The van der Waals surface area contributed by atoms with Crippen LogP contribution in [0.5, 0.6) is 0 Å². The van der Waals surface area contributed by atoms with Crippen molar-refractivity contribution in [3.63, 3.8) is 0 Å². The summed E-state index contributed by atoms with van der Waals surface area (Å²) in [6.45, 7) is 5.03. The molecule has 7 nitrogen and oxygen atoms in total. The van der Waals surface area contributed by atoms with Gasteiger partial charge in [-0.2, -0.15) is 5.10 Å². The van der Waals surface area contributed by atoms with E-state index in [2.05, 4.69) is 10.4 Å². The number of non-ortho nitro benzene ring substituents is 1. The fourth-order valence-electron chi connectivity index (χ4n) is 1.91. The number of nitro benzene ring substituents is 1. The van der Waals surface area contributed by atoms with Crippen LogP contribution in [0.2, 0.25) is 0 Å². The number of nitrogens with one attached hydrogen (secondary N) is 1. The maximum atomic E-state index is 12.0. The predicted octanol–water partition coefficient (Wildman–Crippen LogP) is 2.05. The highest BCUT2D eigenvalue weighted by molar-refractivity contribution is 5.94. The first-order valence-electron chi connectivity index (χ1n) is 6.57. The van der Waals surface area contributed by atoms with Crippen LogP contribution >= 0.6 is 0 Å². The highest BCUT2D eigenvalue weighted by atomic mass is 16.6. The lowest BCUT2D eigenvalue weighted by Crippen LogP contribution is -2.22. The normalized spacial score (nSPS) is 10.4. The molecule has 0 radical (unpaired) electrons. The van der Waals surface area contributed by atoms with E-state index < -0.39 is 4.92 Å². The first-order chi connectivity index (χ1) is 10.0. The molecule has 0 fully saturated rings. The van der Waals surface area contributed by atoms with E-state index in [0.29, 0.717) is 12.1 Å². The summed E-state index contributed by atoms with van der Waals surface area (Å²) in [6.07, 6.45) is 1.89. The highest BCUT2D eigenvalue weighted by Gasteiger charge is 2.10. The van der Waals surface area contributed by atoms with E-state index in [0.717, 1.165) is 17.8 Å². The molecule has 7 heteroatoms. The van der Waals surface area contributed by atoms with E-state index in [-0.39, 0.29) is 11.6 Å². The zero-order valence-corrected chi connectivity index (χ0v) is 11.9. The molecule has 1 heterocycles. The van der Waals surface area contributed by atoms with Crippen LogP contribution in [0.15, 0.2) is 30.5 Å². The van der Waals surface area contributed by atoms with E-state index in [1.165, 1.54) is 24.3 Å². The molecule has 21 heavy (non-hydrogen) atoms. The number of aryl methyl sites for hydroxylation is 2. The number of hydrogen-bond donors (Lipinski definition) is 1. The van der Waals surface area contributed by atoms with Crippen molar-refractivity contribution in [2.45, 2.75) is 26.9 Å². The van der Waals surface area contributed by atoms with E-state index >= 15 is 0 Å². The number of carbonyl (C=O) groups excluding carboxylic acids is 1. The molecule has 2 aromatic rings. The van der Waals surface area contributed by atoms with Gasteiger partial charge in [-0.1, -0.05) is 0 Å². The minimum atomic E-state index is -0.496. The van der Waals surface area contributed by atoms with Gasteiger partial charge in [0.15, 0.2) is 0 Å². The van der Waals surface area contributed by atoms with Gasteiger partial charge in [0.1, 0.15) is 0 Å². The van der Waals surface area contributed by atoms with Crippen LogP contribution in [0.4, 0.5) is 5.69 Å². The van der Waals surface area contributed by atoms with Crippen molar-refractivity contribution in [2.75, 3.05) is 0 Å². The Morgan fingerprint density at radius 1 is 1.38 bits per heavy atom. The number of hydrogen-bond acceptors (Lipinski definition) is 4.